The maximum absolute atomic E-state index is 13.5. The van der Waals surface area contributed by atoms with Crippen LogP contribution in [0.4, 0.5) is 11.4 Å². The number of carbonyl (C=O) groups is 2. The molecule has 1 fully saturated rings. The molecule has 3 aromatic rings. The lowest BCUT2D eigenvalue weighted by Crippen LogP contribution is -2.30. The molecular formula is C31H34N2O3. The minimum atomic E-state index is -0.737. The van der Waals surface area contributed by atoms with Crippen LogP contribution in [-0.4, -0.2) is 29.9 Å². The number of anilines is 2. The third kappa shape index (κ3) is 4.41. The topological polar surface area (TPSA) is 60.9 Å². The Morgan fingerprint density at radius 2 is 1.50 bits per heavy atom. The monoisotopic (exact) mass is 482 g/mol. The molecule has 0 aliphatic carbocycles. The lowest BCUT2D eigenvalue weighted by atomic mass is 9.93. The van der Waals surface area contributed by atoms with Gasteiger partial charge in [0, 0.05) is 30.0 Å². The normalized spacial score (nSPS) is 17.1. The Morgan fingerprint density at radius 1 is 0.833 bits per heavy atom. The molecule has 1 heterocycles. The number of nitrogens with zero attached hydrogens (tertiary/aromatic N) is 2. The predicted octanol–water partition coefficient (Wildman–Crippen LogP) is 6.39. The number of hydrogen-bond donors (Lipinski definition) is 1. The van der Waals surface area contributed by atoms with Crippen molar-refractivity contribution in [1.29, 1.82) is 0 Å². The summed E-state index contributed by atoms with van der Waals surface area (Å²) < 4.78 is 0. The van der Waals surface area contributed by atoms with Crippen LogP contribution >= 0.6 is 0 Å². The molecule has 0 spiro atoms. The van der Waals surface area contributed by atoms with Gasteiger partial charge in [0.05, 0.1) is 11.6 Å². The molecule has 0 saturated carbocycles. The summed E-state index contributed by atoms with van der Waals surface area (Å²) >= 11 is 0. The fraction of sp³-hybridized carbons (Fsp3) is 0.290. The van der Waals surface area contributed by atoms with Gasteiger partial charge in [0.1, 0.15) is 5.76 Å². The quantitative estimate of drug-likeness (QED) is 0.251. The molecule has 0 aromatic heterocycles. The van der Waals surface area contributed by atoms with Crippen LogP contribution in [0.15, 0.2) is 66.2 Å². The van der Waals surface area contributed by atoms with Gasteiger partial charge in [-0.25, -0.2) is 0 Å². The third-order valence-electron chi connectivity index (χ3n) is 7.17. The van der Waals surface area contributed by atoms with E-state index in [-0.39, 0.29) is 11.3 Å². The van der Waals surface area contributed by atoms with E-state index in [1.807, 2.05) is 82.3 Å². The van der Waals surface area contributed by atoms with Crippen molar-refractivity contribution in [3.05, 3.63) is 99.6 Å². The van der Waals surface area contributed by atoms with Crippen LogP contribution in [-0.2, 0) is 9.59 Å². The highest BCUT2D eigenvalue weighted by molar-refractivity contribution is 6.51. The Kier molecular flexibility index (Phi) is 7.02. The van der Waals surface area contributed by atoms with E-state index in [9.17, 15) is 14.7 Å². The first-order chi connectivity index (χ1) is 17.2. The van der Waals surface area contributed by atoms with Crippen molar-refractivity contribution in [1.82, 2.24) is 0 Å². The van der Waals surface area contributed by atoms with E-state index in [1.165, 1.54) is 4.90 Å². The van der Waals surface area contributed by atoms with Gasteiger partial charge in [0.15, 0.2) is 0 Å². The highest BCUT2D eigenvalue weighted by atomic mass is 16.3. The number of ketones is 1. The second-order valence-electron chi connectivity index (χ2n) is 9.52. The fourth-order valence-electron chi connectivity index (χ4n) is 4.97. The van der Waals surface area contributed by atoms with Gasteiger partial charge in [-0.2, -0.15) is 0 Å². The highest BCUT2D eigenvalue weighted by Gasteiger charge is 2.47. The minimum Gasteiger partial charge on any atom is -0.507 e. The van der Waals surface area contributed by atoms with E-state index in [4.69, 9.17) is 0 Å². The van der Waals surface area contributed by atoms with E-state index in [0.717, 1.165) is 46.6 Å². The fourth-order valence-corrected chi connectivity index (χ4v) is 4.97. The number of rotatable bonds is 6. The van der Waals surface area contributed by atoms with E-state index < -0.39 is 17.7 Å². The van der Waals surface area contributed by atoms with Gasteiger partial charge < -0.3 is 10.0 Å². The molecule has 186 valence electrons. The summed E-state index contributed by atoms with van der Waals surface area (Å²) in [6, 6.07) is 18.6. The minimum absolute atomic E-state index is 0.110. The molecule has 1 atom stereocenters. The van der Waals surface area contributed by atoms with Crippen molar-refractivity contribution in [2.45, 2.75) is 47.6 Å². The van der Waals surface area contributed by atoms with E-state index in [0.29, 0.717) is 11.3 Å². The van der Waals surface area contributed by atoms with E-state index in [1.54, 1.807) is 6.07 Å². The van der Waals surface area contributed by atoms with Crippen LogP contribution in [0.2, 0.25) is 0 Å². The molecule has 36 heavy (non-hydrogen) atoms. The Labute approximate surface area is 213 Å². The Morgan fingerprint density at radius 3 is 2.08 bits per heavy atom. The number of aliphatic hydroxyl groups is 1. The van der Waals surface area contributed by atoms with Gasteiger partial charge >= 0.3 is 0 Å². The number of aryl methyl sites for hydroxylation is 4. The summed E-state index contributed by atoms with van der Waals surface area (Å²) in [6.07, 6.45) is 0. The maximum atomic E-state index is 13.5. The number of amides is 1. The predicted molar refractivity (Wildman–Crippen MR) is 147 cm³/mol. The molecular weight excluding hydrogens is 448 g/mol. The van der Waals surface area contributed by atoms with Crippen molar-refractivity contribution >= 4 is 28.8 Å². The van der Waals surface area contributed by atoms with Crippen LogP contribution in [0.25, 0.3) is 5.76 Å². The molecule has 4 rings (SSSR count). The number of Topliss-reactive ketones (excluding diaryl/α,β-unsaturated/α-hetero) is 1. The SMILES string of the molecule is CCN(CC)c1ccc(C2/C(=C(\O)c3ccc(C)c(C)c3)C(=O)C(=O)N2c2ccc(C)cc2C)cc1. The lowest BCUT2D eigenvalue weighted by molar-refractivity contribution is -0.132. The highest BCUT2D eigenvalue weighted by Crippen LogP contribution is 2.43. The first-order valence-electron chi connectivity index (χ1n) is 12.5. The summed E-state index contributed by atoms with van der Waals surface area (Å²) in [6.45, 7) is 13.9. The van der Waals surface area contributed by atoms with Crippen LogP contribution < -0.4 is 9.80 Å². The molecule has 1 aliphatic heterocycles. The van der Waals surface area contributed by atoms with Crippen LogP contribution in [0.3, 0.4) is 0 Å². The second kappa shape index (κ2) is 10.0. The average Bonchev–Trinajstić information content (AvgIpc) is 3.12. The molecule has 5 nitrogen and oxygen atoms in total. The van der Waals surface area contributed by atoms with Gasteiger partial charge in [0.2, 0.25) is 0 Å². The Bertz CT molecular complexity index is 1350. The molecule has 1 amide bonds. The zero-order valence-electron chi connectivity index (χ0n) is 21.9. The van der Waals surface area contributed by atoms with Crippen molar-refractivity contribution in [2.24, 2.45) is 0 Å². The molecule has 1 unspecified atom stereocenters. The zero-order valence-corrected chi connectivity index (χ0v) is 21.9. The summed E-state index contributed by atoms with van der Waals surface area (Å²) in [7, 11) is 0. The molecule has 3 aromatic carbocycles. The maximum Gasteiger partial charge on any atom is 0.300 e. The van der Waals surface area contributed by atoms with Gasteiger partial charge in [-0.15, -0.1) is 0 Å². The van der Waals surface area contributed by atoms with Gasteiger partial charge in [-0.1, -0.05) is 42.0 Å². The van der Waals surface area contributed by atoms with E-state index >= 15 is 0 Å². The molecule has 1 aliphatic rings. The number of aliphatic hydroxyl groups excluding tert-OH is 1. The number of benzene rings is 3. The second-order valence-corrected chi connectivity index (χ2v) is 9.52. The molecule has 1 N–H and O–H groups in total. The molecule has 5 heteroatoms. The first kappa shape index (κ1) is 25.2. The van der Waals surface area contributed by atoms with Crippen molar-refractivity contribution in [2.75, 3.05) is 22.9 Å². The van der Waals surface area contributed by atoms with Gasteiger partial charge in [-0.3, -0.25) is 14.5 Å². The van der Waals surface area contributed by atoms with Crippen molar-refractivity contribution in [3.63, 3.8) is 0 Å². The van der Waals surface area contributed by atoms with Crippen LogP contribution in [0, 0.1) is 27.7 Å². The lowest BCUT2D eigenvalue weighted by Gasteiger charge is -2.28. The average molecular weight is 483 g/mol. The Balaban J connectivity index is 1.93. The first-order valence-corrected chi connectivity index (χ1v) is 12.5. The molecule has 0 radical (unpaired) electrons. The van der Waals surface area contributed by atoms with Crippen LogP contribution in [0.1, 0.15) is 53.3 Å². The summed E-state index contributed by atoms with van der Waals surface area (Å²) in [4.78, 5) is 30.7. The van der Waals surface area contributed by atoms with Crippen molar-refractivity contribution in [3.8, 4) is 0 Å². The summed E-state index contributed by atoms with van der Waals surface area (Å²) in [5, 5.41) is 11.4. The smallest absolute Gasteiger partial charge is 0.300 e. The Hall–Kier alpha value is -3.86. The largest absolute Gasteiger partial charge is 0.507 e. The van der Waals surface area contributed by atoms with E-state index in [2.05, 4.69) is 18.7 Å². The zero-order chi connectivity index (χ0) is 26.1. The summed E-state index contributed by atoms with van der Waals surface area (Å²) in [5.41, 5.74) is 7.21. The number of carbonyl (C=O) groups excluding carboxylic acids is 2. The standard InChI is InChI=1S/C31H34N2O3/c1-7-32(8-2)25-14-12-23(13-15-25)28-27(29(34)24-11-10-20(4)21(5)18-24)30(35)31(36)33(28)26-16-9-19(3)17-22(26)6/h9-18,28,34H,7-8H2,1-6H3/b29-27+. The van der Waals surface area contributed by atoms with Gasteiger partial charge in [0.25, 0.3) is 11.7 Å². The van der Waals surface area contributed by atoms with Crippen LogP contribution in [0.5, 0.6) is 0 Å². The molecule has 0 bridgehead atoms. The molecule has 1 saturated heterocycles. The number of hydrogen-bond acceptors (Lipinski definition) is 4. The summed E-state index contributed by atoms with van der Waals surface area (Å²) in [5.74, 6) is -1.46. The van der Waals surface area contributed by atoms with Crippen molar-refractivity contribution < 1.29 is 14.7 Å². The third-order valence-corrected chi connectivity index (χ3v) is 7.17. The van der Waals surface area contributed by atoms with Gasteiger partial charge in [-0.05, 0) is 88.1 Å².